The van der Waals surface area contributed by atoms with E-state index in [4.69, 9.17) is 9.47 Å². The number of hydrogen-bond donors (Lipinski definition) is 0. The number of benzene rings is 1. The molecule has 0 aromatic heterocycles. The van der Waals surface area contributed by atoms with Crippen LogP contribution in [0.5, 0.6) is 5.75 Å². The number of carbonyl (C=O) groups is 1. The summed E-state index contributed by atoms with van der Waals surface area (Å²) in [5, 5.41) is 0. The highest BCUT2D eigenvalue weighted by atomic mass is 16.5. The van der Waals surface area contributed by atoms with E-state index < -0.39 is 5.72 Å². The van der Waals surface area contributed by atoms with E-state index >= 15 is 0 Å². The molecule has 1 amide bonds. The highest BCUT2D eigenvalue weighted by Crippen LogP contribution is 2.49. The molecule has 28 heavy (non-hydrogen) atoms. The largest absolute Gasteiger partial charge is 0.494 e. The van der Waals surface area contributed by atoms with Crippen LogP contribution in [0, 0.1) is 11.8 Å². The van der Waals surface area contributed by atoms with E-state index in [1.54, 1.807) is 0 Å². The van der Waals surface area contributed by atoms with E-state index in [1.807, 2.05) is 6.07 Å². The molecular formula is C23H34N2O3. The number of carbonyl (C=O) groups excluding carboxylic acids is 1. The maximum atomic E-state index is 12.8. The Morgan fingerprint density at radius 3 is 2.86 bits per heavy atom. The fraction of sp³-hybridized carbons (Fsp3) is 0.696. The topological polar surface area (TPSA) is 42.0 Å². The van der Waals surface area contributed by atoms with Crippen LogP contribution < -0.4 is 4.74 Å². The Morgan fingerprint density at radius 1 is 1.29 bits per heavy atom. The zero-order chi connectivity index (χ0) is 19.9. The first-order chi connectivity index (χ1) is 13.4. The molecule has 0 bridgehead atoms. The summed E-state index contributed by atoms with van der Waals surface area (Å²) in [5.74, 6) is 2.27. The molecule has 3 aliphatic rings. The van der Waals surface area contributed by atoms with Crippen molar-refractivity contribution in [1.82, 2.24) is 9.80 Å². The molecule has 0 saturated carbocycles. The Morgan fingerprint density at radius 2 is 2.11 bits per heavy atom. The van der Waals surface area contributed by atoms with Crippen LogP contribution >= 0.6 is 0 Å². The Kier molecular flexibility index (Phi) is 5.41. The summed E-state index contributed by atoms with van der Waals surface area (Å²) in [5.41, 5.74) is 0.848. The maximum absolute atomic E-state index is 12.8. The van der Waals surface area contributed by atoms with E-state index in [0.29, 0.717) is 24.9 Å². The van der Waals surface area contributed by atoms with Crippen molar-refractivity contribution in [1.29, 1.82) is 0 Å². The lowest BCUT2D eigenvalue weighted by atomic mass is 10.0. The third-order valence-electron chi connectivity index (χ3n) is 6.62. The monoisotopic (exact) mass is 386 g/mol. The molecule has 0 unspecified atom stereocenters. The molecule has 3 saturated heterocycles. The average Bonchev–Trinajstić information content (AvgIpc) is 3.26. The van der Waals surface area contributed by atoms with Gasteiger partial charge in [0.15, 0.2) is 5.72 Å². The summed E-state index contributed by atoms with van der Waals surface area (Å²) < 4.78 is 12.3. The predicted molar refractivity (Wildman–Crippen MR) is 109 cm³/mol. The molecular weight excluding hydrogens is 352 g/mol. The first-order valence-corrected chi connectivity index (χ1v) is 10.8. The standard InChI is InChI=1S/C23H34N2O3/c1-16(2)8-11-27-19-7-5-6-18(12-19)14-24-10-9-23-21(24)13-22(26)25(23)20(15-28-23)17(3)4/h5-7,12,16-17,20-21H,8-11,13-15H2,1-4H3/t20-,21+,23-/m0/s1. The summed E-state index contributed by atoms with van der Waals surface area (Å²) in [6, 6.07) is 8.78. The number of rotatable bonds is 7. The molecule has 3 fully saturated rings. The molecule has 1 aromatic rings. The minimum absolute atomic E-state index is 0.161. The molecule has 154 valence electrons. The zero-order valence-corrected chi connectivity index (χ0v) is 17.7. The van der Waals surface area contributed by atoms with Crippen LogP contribution in [0.3, 0.4) is 0 Å². The summed E-state index contributed by atoms with van der Waals surface area (Å²) in [6.07, 6.45) is 2.55. The highest BCUT2D eigenvalue weighted by molar-refractivity contribution is 5.82. The van der Waals surface area contributed by atoms with Crippen molar-refractivity contribution in [3.8, 4) is 5.75 Å². The number of amides is 1. The first-order valence-electron chi connectivity index (χ1n) is 10.8. The molecule has 1 aromatic carbocycles. The number of hydrogen-bond acceptors (Lipinski definition) is 4. The summed E-state index contributed by atoms with van der Waals surface area (Å²) >= 11 is 0. The molecule has 0 radical (unpaired) electrons. The molecule has 0 N–H and O–H groups in total. The summed E-state index contributed by atoms with van der Waals surface area (Å²) in [7, 11) is 0. The predicted octanol–water partition coefficient (Wildman–Crippen LogP) is 3.67. The van der Waals surface area contributed by atoms with Gasteiger partial charge in [0.2, 0.25) is 5.91 Å². The van der Waals surface area contributed by atoms with Crippen molar-refractivity contribution in [2.24, 2.45) is 11.8 Å². The van der Waals surface area contributed by atoms with Gasteiger partial charge >= 0.3 is 0 Å². The van der Waals surface area contributed by atoms with Gasteiger partial charge in [0, 0.05) is 25.9 Å². The van der Waals surface area contributed by atoms with Crippen molar-refractivity contribution in [3.63, 3.8) is 0 Å². The lowest BCUT2D eigenvalue weighted by Crippen LogP contribution is -2.50. The van der Waals surface area contributed by atoms with Gasteiger partial charge in [0.25, 0.3) is 0 Å². The van der Waals surface area contributed by atoms with Gasteiger partial charge in [0.05, 0.1) is 25.3 Å². The van der Waals surface area contributed by atoms with Crippen LogP contribution in [-0.2, 0) is 16.1 Å². The minimum atomic E-state index is -0.391. The van der Waals surface area contributed by atoms with Crippen LogP contribution in [0.1, 0.15) is 52.5 Å². The number of likely N-dealkylation sites (tertiary alicyclic amines) is 1. The third kappa shape index (κ3) is 3.43. The maximum Gasteiger partial charge on any atom is 0.226 e. The molecule has 3 aliphatic heterocycles. The van der Waals surface area contributed by atoms with Gasteiger partial charge in [0.1, 0.15) is 5.75 Å². The van der Waals surface area contributed by atoms with Gasteiger partial charge in [-0.15, -0.1) is 0 Å². The van der Waals surface area contributed by atoms with Crippen LogP contribution in [0.2, 0.25) is 0 Å². The van der Waals surface area contributed by atoms with Gasteiger partial charge < -0.3 is 14.4 Å². The van der Waals surface area contributed by atoms with E-state index in [-0.39, 0.29) is 18.0 Å². The molecule has 4 rings (SSSR count). The second-order valence-corrected chi connectivity index (χ2v) is 9.35. The van der Waals surface area contributed by atoms with Crippen LogP contribution in [-0.4, -0.2) is 53.3 Å². The van der Waals surface area contributed by atoms with Crippen molar-refractivity contribution < 1.29 is 14.3 Å². The Hall–Kier alpha value is -1.59. The summed E-state index contributed by atoms with van der Waals surface area (Å²) in [4.78, 5) is 17.3. The molecule has 3 atom stereocenters. The minimum Gasteiger partial charge on any atom is -0.494 e. The van der Waals surface area contributed by atoms with Gasteiger partial charge in [-0.25, -0.2) is 0 Å². The van der Waals surface area contributed by atoms with Crippen LogP contribution in [0.4, 0.5) is 0 Å². The van der Waals surface area contributed by atoms with E-state index in [9.17, 15) is 4.79 Å². The van der Waals surface area contributed by atoms with E-state index in [1.165, 1.54) is 5.56 Å². The lowest BCUT2D eigenvalue weighted by Gasteiger charge is -2.34. The lowest BCUT2D eigenvalue weighted by molar-refractivity contribution is -0.139. The van der Waals surface area contributed by atoms with Crippen LogP contribution in [0.25, 0.3) is 0 Å². The smallest absolute Gasteiger partial charge is 0.226 e. The zero-order valence-electron chi connectivity index (χ0n) is 17.7. The first kappa shape index (κ1) is 19.7. The molecule has 1 spiro atoms. The van der Waals surface area contributed by atoms with Gasteiger partial charge in [-0.3, -0.25) is 9.69 Å². The fourth-order valence-electron chi connectivity index (χ4n) is 5.02. The number of ether oxygens (including phenoxy) is 2. The van der Waals surface area contributed by atoms with E-state index in [0.717, 1.165) is 38.3 Å². The number of nitrogens with zero attached hydrogens (tertiary/aromatic N) is 2. The quantitative estimate of drug-likeness (QED) is 0.717. The van der Waals surface area contributed by atoms with E-state index in [2.05, 4.69) is 55.7 Å². The SMILES string of the molecule is CC(C)CCOc1cccc(CN2CC[C@@]34OC[C@@H](C(C)C)N3C(=O)C[C@@H]24)c1. The second-order valence-electron chi connectivity index (χ2n) is 9.35. The molecule has 5 heteroatoms. The van der Waals surface area contributed by atoms with Gasteiger partial charge in [-0.05, 0) is 36.0 Å². The summed E-state index contributed by atoms with van der Waals surface area (Å²) in [6.45, 7) is 12.0. The molecule has 5 nitrogen and oxygen atoms in total. The van der Waals surface area contributed by atoms with Crippen molar-refractivity contribution in [2.75, 3.05) is 19.8 Å². The van der Waals surface area contributed by atoms with Crippen molar-refractivity contribution >= 4 is 5.91 Å². The Labute approximate surface area is 169 Å². The highest BCUT2D eigenvalue weighted by Gasteiger charge is 2.64. The average molecular weight is 387 g/mol. The third-order valence-corrected chi connectivity index (χ3v) is 6.62. The van der Waals surface area contributed by atoms with Gasteiger partial charge in [-0.1, -0.05) is 39.8 Å². The molecule has 0 aliphatic carbocycles. The van der Waals surface area contributed by atoms with Gasteiger partial charge in [-0.2, -0.15) is 0 Å². The van der Waals surface area contributed by atoms with Crippen molar-refractivity contribution in [3.05, 3.63) is 29.8 Å². The second kappa shape index (κ2) is 7.68. The van der Waals surface area contributed by atoms with Crippen LogP contribution in [0.15, 0.2) is 24.3 Å². The van der Waals surface area contributed by atoms with Crippen molar-refractivity contribution in [2.45, 2.75) is 71.3 Å². The Bertz CT molecular complexity index is 720. The molecule has 3 heterocycles. The normalized spacial score (nSPS) is 29.8. The Balaban J connectivity index is 1.44. The fourth-order valence-corrected chi connectivity index (χ4v) is 5.02.